The molecule has 0 spiro atoms. The molecule has 23 heavy (non-hydrogen) atoms. The lowest BCUT2D eigenvalue weighted by molar-refractivity contribution is -0.120. The molecule has 1 saturated heterocycles. The van der Waals surface area contributed by atoms with Crippen molar-refractivity contribution in [2.24, 2.45) is 0 Å². The standard InChI is InChI=1S/C18H27N3O2/c1-3-21-11-5-4-6-17(21)13-19-18(23)12-15-7-9-16(10-8-15)20-14(2)22/h7-10,17H,3-6,11-13H2,1-2H3,(H,19,23)(H,20,22)/t17-/m0/s1. The Labute approximate surface area is 138 Å². The molecule has 2 N–H and O–H groups in total. The first-order chi connectivity index (χ1) is 11.1. The summed E-state index contributed by atoms with van der Waals surface area (Å²) in [7, 11) is 0. The third kappa shape index (κ3) is 5.67. The molecule has 0 radical (unpaired) electrons. The molecule has 1 aliphatic heterocycles. The largest absolute Gasteiger partial charge is 0.354 e. The number of amides is 2. The van der Waals surface area contributed by atoms with Crippen molar-refractivity contribution in [3.05, 3.63) is 29.8 Å². The summed E-state index contributed by atoms with van der Waals surface area (Å²) in [4.78, 5) is 25.5. The van der Waals surface area contributed by atoms with E-state index >= 15 is 0 Å². The fourth-order valence-corrected chi connectivity index (χ4v) is 3.10. The van der Waals surface area contributed by atoms with Gasteiger partial charge >= 0.3 is 0 Å². The van der Waals surface area contributed by atoms with Crippen molar-refractivity contribution in [3.63, 3.8) is 0 Å². The molecule has 0 saturated carbocycles. The van der Waals surface area contributed by atoms with Crippen LogP contribution < -0.4 is 10.6 Å². The van der Waals surface area contributed by atoms with Crippen molar-refractivity contribution in [1.82, 2.24) is 10.2 Å². The molecule has 2 amide bonds. The number of likely N-dealkylation sites (N-methyl/N-ethyl adjacent to an activating group) is 1. The predicted octanol–water partition coefficient (Wildman–Crippen LogP) is 2.18. The van der Waals surface area contributed by atoms with E-state index in [-0.39, 0.29) is 11.8 Å². The van der Waals surface area contributed by atoms with E-state index in [1.165, 1.54) is 26.2 Å². The van der Waals surface area contributed by atoms with Crippen LogP contribution in [-0.2, 0) is 16.0 Å². The summed E-state index contributed by atoms with van der Waals surface area (Å²) in [6.07, 6.45) is 4.05. The molecule has 1 atom stereocenters. The number of hydrogen-bond donors (Lipinski definition) is 2. The van der Waals surface area contributed by atoms with Gasteiger partial charge in [-0.05, 0) is 43.6 Å². The second kappa shape index (κ2) is 8.67. The van der Waals surface area contributed by atoms with Gasteiger partial charge in [-0.15, -0.1) is 0 Å². The van der Waals surface area contributed by atoms with Gasteiger partial charge in [0.2, 0.25) is 11.8 Å². The number of nitrogens with one attached hydrogen (secondary N) is 2. The maximum Gasteiger partial charge on any atom is 0.224 e. The number of anilines is 1. The summed E-state index contributed by atoms with van der Waals surface area (Å²) in [5.41, 5.74) is 1.70. The van der Waals surface area contributed by atoms with Crippen LogP contribution >= 0.6 is 0 Å². The molecule has 0 unspecified atom stereocenters. The first kappa shape index (κ1) is 17.5. The lowest BCUT2D eigenvalue weighted by atomic mass is 10.0. The second-order valence-corrected chi connectivity index (χ2v) is 6.14. The van der Waals surface area contributed by atoms with E-state index in [0.29, 0.717) is 12.5 Å². The highest BCUT2D eigenvalue weighted by molar-refractivity contribution is 5.88. The fourth-order valence-electron chi connectivity index (χ4n) is 3.10. The number of carbonyl (C=O) groups is 2. The second-order valence-electron chi connectivity index (χ2n) is 6.14. The smallest absolute Gasteiger partial charge is 0.224 e. The van der Waals surface area contributed by atoms with Gasteiger partial charge in [0.1, 0.15) is 0 Å². The average molecular weight is 317 g/mol. The topological polar surface area (TPSA) is 61.4 Å². The van der Waals surface area contributed by atoms with Crippen molar-refractivity contribution in [2.75, 3.05) is 25.0 Å². The average Bonchev–Trinajstić information content (AvgIpc) is 2.54. The highest BCUT2D eigenvalue weighted by Crippen LogP contribution is 2.16. The van der Waals surface area contributed by atoms with Crippen LogP contribution in [0.4, 0.5) is 5.69 Å². The summed E-state index contributed by atoms with van der Waals surface area (Å²) >= 11 is 0. The van der Waals surface area contributed by atoms with E-state index in [1.54, 1.807) is 0 Å². The quantitative estimate of drug-likeness (QED) is 0.845. The number of rotatable bonds is 6. The van der Waals surface area contributed by atoms with E-state index < -0.39 is 0 Å². The van der Waals surface area contributed by atoms with Gasteiger partial charge in [0.25, 0.3) is 0 Å². The van der Waals surface area contributed by atoms with Crippen LogP contribution in [0.2, 0.25) is 0 Å². The lowest BCUT2D eigenvalue weighted by Gasteiger charge is -2.34. The molecule has 1 aromatic rings. The van der Waals surface area contributed by atoms with Crippen molar-refractivity contribution in [3.8, 4) is 0 Å². The van der Waals surface area contributed by atoms with Gasteiger partial charge in [-0.3, -0.25) is 14.5 Å². The monoisotopic (exact) mass is 317 g/mol. The summed E-state index contributed by atoms with van der Waals surface area (Å²) in [5, 5.41) is 5.78. The highest BCUT2D eigenvalue weighted by Gasteiger charge is 2.21. The zero-order chi connectivity index (χ0) is 16.7. The van der Waals surface area contributed by atoms with E-state index in [9.17, 15) is 9.59 Å². The van der Waals surface area contributed by atoms with Crippen molar-refractivity contribution < 1.29 is 9.59 Å². The van der Waals surface area contributed by atoms with Crippen molar-refractivity contribution >= 4 is 17.5 Å². The van der Waals surface area contributed by atoms with Crippen molar-refractivity contribution in [2.45, 2.75) is 45.6 Å². The predicted molar refractivity (Wildman–Crippen MR) is 92.3 cm³/mol. The number of benzene rings is 1. The minimum Gasteiger partial charge on any atom is -0.354 e. The molecular formula is C18H27N3O2. The molecule has 1 aromatic carbocycles. The van der Waals surface area contributed by atoms with Gasteiger partial charge in [0.15, 0.2) is 0 Å². The number of likely N-dealkylation sites (tertiary alicyclic amines) is 1. The minimum absolute atomic E-state index is 0.0545. The Morgan fingerprint density at radius 1 is 1.22 bits per heavy atom. The molecule has 5 heteroatoms. The summed E-state index contributed by atoms with van der Waals surface area (Å²) in [5.74, 6) is -0.0395. The Morgan fingerprint density at radius 3 is 2.61 bits per heavy atom. The summed E-state index contributed by atoms with van der Waals surface area (Å²) in [6, 6.07) is 7.88. The zero-order valence-electron chi connectivity index (χ0n) is 14.1. The van der Waals surface area contributed by atoms with Gasteiger partial charge in [0, 0.05) is 25.2 Å². The maximum absolute atomic E-state index is 12.1. The van der Waals surface area contributed by atoms with Crippen molar-refractivity contribution in [1.29, 1.82) is 0 Å². The highest BCUT2D eigenvalue weighted by atomic mass is 16.2. The van der Waals surface area contributed by atoms with Gasteiger partial charge in [-0.25, -0.2) is 0 Å². The molecule has 1 fully saturated rings. The normalized spacial score (nSPS) is 18.4. The molecule has 1 aliphatic rings. The fraction of sp³-hybridized carbons (Fsp3) is 0.556. The maximum atomic E-state index is 12.1. The molecule has 0 aromatic heterocycles. The van der Waals surface area contributed by atoms with Crippen LogP contribution in [0.5, 0.6) is 0 Å². The van der Waals surface area contributed by atoms with E-state index in [2.05, 4.69) is 22.5 Å². The first-order valence-corrected chi connectivity index (χ1v) is 8.45. The van der Waals surface area contributed by atoms with Crippen LogP contribution in [0.1, 0.15) is 38.7 Å². The van der Waals surface area contributed by atoms with Crippen LogP contribution in [-0.4, -0.2) is 42.4 Å². The molecule has 5 nitrogen and oxygen atoms in total. The Hall–Kier alpha value is -1.88. The summed E-state index contributed by atoms with van der Waals surface area (Å²) in [6.45, 7) is 6.58. The van der Waals surface area contributed by atoms with Crippen LogP contribution in [0.15, 0.2) is 24.3 Å². The molecule has 1 heterocycles. The lowest BCUT2D eigenvalue weighted by Crippen LogP contribution is -2.46. The molecular weight excluding hydrogens is 290 g/mol. The van der Waals surface area contributed by atoms with Crippen LogP contribution in [0.25, 0.3) is 0 Å². The van der Waals surface area contributed by atoms with Gasteiger partial charge < -0.3 is 10.6 Å². The summed E-state index contributed by atoms with van der Waals surface area (Å²) < 4.78 is 0. The number of carbonyl (C=O) groups excluding carboxylic acids is 2. The minimum atomic E-state index is -0.0940. The van der Waals surface area contributed by atoms with E-state index in [0.717, 1.165) is 30.9 Å². The molecule has 2 rings (SSSR count). The number of nitrogens with zero attached hydrogens (tertiary/aromatic N) is 1. The van der Waals surface area contributed by atoms with Crippen LogP contribution in [0, 0.1) is 0 Å². The number of piperidine rings is 1. The molecule has 0 bridgehead atoms. The zero-order valence-corrected chi connectivity index (χ0v) is 14.1. The third-order valence-electron chi connectivity index (χ3n) is 4.33. The van der Waals surface area contributed by atoms with Gasteiger partial charge in [-0.2, -0.15) is 0 Å². The van der Waals surface area contributed by atoms with E-state index in [4.69, 9.17) is 0 Å². The molecule has 0 aliphatic carbocycles. The van der Waals surface area contributed by atoms with E-state index in [1.807, 2.05) is 24.3 Å². The Morgan fingerprint density at radius 2 is 1.96 bits per heavy atom. The van der Waals surface area contributed by atoms with Gasteiger partial charge in [-0.1, -0.05) is 25.5 Å². The molecule has 126 valence electrons. The third-order valence-corrected chi connectivity index (χ3v) is 4.33. The number of hydrogen-bond acceptors (Lipinski definition) is 3. The first-order valence-electron chi connectivity index (χ1n) is 8.45. The Kier molecular flexibility index (Phi) is 6.59. The Balaban J connectivity index is 1.79. The van der Waals surface area contributed by atoms with Crippen LogP contribution in [0.3, 0.4) is 0 Å². The van der Waals surface area contributed by atoms with Gasteiger partial charge in [0.05, 0.1) is 6.42 Å². The Bertz CT molecular complexity index is 528. The SMILES string of the molecule is CCN1CCCC[C@H]1CNC(=O)Cc1ccc(NC(C)=O)cc1.